The van der Waals surface area contributed by atoms with Crippen LogP contribution < -0.4 is 4.74 Å². The normalized spacial score (nSPS) is 12.3. The van der Waals surface area contributed by atoms with Crippen LogP contribution in [0.4, 0.5) is 0 Å². The van der Waals surface area contributed by atoms with Gasteiger partial charge < -0.3 is 9.84 Å². The highest BCUT2D eigenvalue weighted by Crippen LogP contribution is 2.28. The number of aromatic nitrogens is 1. The lowest BCUT2D eigenvalue weighted by Gasteiger charge is -2.14. The molecule has 0 saturated carbocycles. The average molecular weight is 372 g/mol. The molecule has 0 amide bonds. The third-order valence-electron chi connectivity index (χ3n) is 3.72. The molecule has 23 heavy (non-hydrogen) atoms. The fourth-order valence-electron chi connectivity index (χ4n) is 2.50. The quantitative estimate of drug-likeness (QED) is 0.699. The Morgan fingerprint density at radius 3 is 2.87 bits per heavy atom. The second-order valence-corrected chi connectivity index (χ2v) is 6.40. The lowest BCUT2D eigenvalue weighted by molar-refractivity contribution is 0.101. The minimum Gasteiger partial charge on any atom is -0.490 e. The van der Waals surface area contributed by atoms with E-state index in [0.717, 1.165) is 33.0 Å². The molecule has 0 aliphatic carbocycles. The van der Waals surface area contributed by atoms with Gasteiger partial charge >= 0.3 is 0 Å². The zero-order valence-electron chi connectivity index (χ0n) is 12.7. The van der Waals surface area contributed by atoms with Gasteiger partial charge in [-0.25, -0.2) is 0 Å². The van der Waals surface area contributed by atoms with Gasteiger partial charge in [-0.05, 0) is 54.1 Å². The van der Waals surface area contributed by atoms with Crippen molar-refractivity contribution in [2.75, 3.05) is 6.61 Å². The van der Waals surface area contributed by atoms with Crippen LogP contribution in [-0.4, -0.2) is 22.8 Å². The number of aliphatic hydroxyl groups is 1. The number of ether oxygens (including phenoxy) is 1. The van der Waals surface area contributed by atoms with Crippen molar-refractivity contribution in [1.82, 2.24) is 4.98 Å². The summed E-state index contributed by atoms with van der Waals surface area (Å²) in [5.74, 6) is 0.801. The molecule has 2 aromatic carbocycles. The first-order valence-electron chi connectivity index (χ1n) is 7.60. The lowest BCUT2D eigenvalue weighted by atomic mass is 10.1. The number of rotatable bonds is 6. The summed E-state index contributed by atoms with van der Waals surface area (Å²) in [5.41, 5.74) is 1.13. The van der Waals surface area contributed by atoms with E-state index in [2.05, 4.69) is 27.0 Å². The molecular weight excluding hydrogens is 354 g/mol. The van der Waals surface area contributed by atoms with E-state index in [1.807, 2.05) is 48.7 Å². The number of hydrogen-bond acceptors (Lipinski definition) is 3. The zero-order valence-corrected chi connectivity index (χ0v) is 14.2. The zero-order chi connectivity index (χ0) is 16.1. The van der Waals surface area contributed by atoms with Crippen LogP contribution in [0.1, 0.15) is 12.0 Å². The molecule has 0 aliphatic rings. The first-order valence-corrected chi connectivity index (χ1v) is 8.40. The summed E-state index contributed by atoms with van der Waals surface area (Å²) >= 11 is 3.48. The van der Waals surface area contributed by atoms with Gasteiger partial charge in [-0.3, -0.25) is 4.98 Å². The van der Waals surface area contributed by atoms with Crippen molar-refractivity contribution in [2.24, 2.45) is 0 Å². The highest BCUT2D eigenvalue weighted by atomic mass is 79.9. The summed E-state index contributed by atoms with van der Waals surface area (Å²) in [6.45, 7) is 0.287. The molecule has 4 heteroatoms. The van der Waals surface area contributed by atoms with Crippen molar-refractivity contribution in [3.05, 3.63) is 71.0 Å². The molecule has 118 valence electrons. The summed E-state index contributed by atoms with van der Waals surface area (Å²) in [6, 6.07) is 15.9. The molecule has 0 aliphatic heterocycles. The Bertz CT molecular complexity index is 777. The van der Waals surface area contributed by atoms with Crippen LogP contribution in [0.3, 0.4) is 0 Å². The van der Waals surface area contributed by atoms with Crippen molar-refractivity contribution in [3.63, 3.8) is 0 Å². The molecule has 1 atom stereocenters. The number of benzene rings is 2. The van der Waals surface area contributed by atoms with Gasteiger partial charge in [-0.1, -0.05) is 34.1 Å². The highest BCUT2D eigenvalue weighted by molar-refractivity contribution is 9.10. The molecule has 0 saturated heterocycles. The van der Waals surface area contributed by atoms with Gasteiger partial charge in [0, 0.05) is 22.3 Å². The van der Waals surface area contributed by atoms with Crippen LogP contribution in [-0.2, 0) is 6.42 Å². The van der Waals surface area contributed by atoms with E-state index in [1.54, 1.807) is 6.20 Å². The van der Waals surface area contributed by atoms with E-state index < -0.39 is 6.10 Å². The van der Waals surface area contributed by atoms with E-state index in [9.17, 15) is 5.11 Å². The Labute approximate surface area is 144 Å². The molecule has 3 aromatic rings. The average Bonchev–Trinajstić information content (AvgIpc) is 2.58. The number of fused-ring (bicyclic) bond motifs is 1. The van der Waals surface area contributed by atoms with E-state index >= 15 is 0 Å². The molecule has 3 nitrogen and oxygen atoms in total. The molecule has 0 radical (unpaired) electrons. The minimum absolute atomic E-state index is 0.287. The number of halogens is 1. The first kappa shape index (κ1) is 16.0. The van der Waals surface area contributed by atoms with Crippen LogP contribution in [0.25, 0.3) is 10.8 Å². The third-order valence-corrected chi connectivity index (χ3v) is 4.22. The van der Waals surface area contributed by atoms with Crippen molar-refractivity contribution >= 4 is 26.7 Å². The molecule has 3 rings (SSSR count). The number of aryl methyl sites for hydroxylation is 1. The van der Waals surface area contributed by atoms with Gasteiger partial charge in [-0.15, -0.1) is 0 Å². The summed E-state index contributed by atoms with van der Waals surface area (Å²) in [4.78, 5) is 4.08. The van der Waals surface area contributed by atoms with Crippen LogP contribution in [0.2, 0.25) is 0 Å². The van der Waals surface area contributed by atoms with Gasteiger partial charge in [0.15, 0.2) is 0 Å². The Morgan fingerprint density at radius 2 is 2.04 bits per heavy atom. The van der Waals surface area contributed by atoms with Gasteiger partial charge in [0.05, 0.1) is 6.10 Å². The third kappa shape index (κ3) is 4.30. The lowest BCUT2D eigenvalue weighted by Crippen LogP contribution is -2.18. The molecule has 1 N–H and O–H groups in total. The van der Waals surface area contributed by atoms with Crippen LogP contribution in [0.15, 0.2) is 65.4 Å². The van der Waals surface area contributed by atoms with Gasteiger partial charge in [-0.2, -0.15) is 0 Å². The molecular formula is C19H18BrNO2. The largest absolute Gasteiger partial charge is 0.490 e. The van der Waals surface area contributed by atoms with Gasteiger partial charge in [0.1, 0.15) is 12.4 Å². The van der Waals surface area contributed by atoms with E-state index in [0.29, 0.717) is 6.42 Å². The molecule has 1 aromatic heterocycles. The molecule has 0 unspecified atom stereocenters. The topological polar surface area (TPSA) is 42.4 Å². The number of pyridine rings is 1. The van der Waals surface area contributed by atoms with Crippen LogP contribution >= 0.6 is 15.9 Å². The van der Waals surface area contributed by atoms with E-state index in [-0.39, 0.29) is 6.61 Å². The molecule has 1 heterocycles. The number of hydrogen-bond donors (Lipinski definition) is 1. The monoisotopic (exact) mass is 371 g/mol. The van der Waals surface area contributed by atoms with Crippen LogP contribution in [0, 0.1) is 0 Å². The van der Waals surface area contributed by atoms with Crippen molar-refractivity contribution in [3.8, 4) is 5.75 Å². The van der Waals surface area contributed by atoms with Crippen molar-refractivity contribution in [2.45, 2.75) is 18.9 Å². The summed E-state index contributed by atoms with van der Waals surface area (Å²) in [6.07, 6.45) is 4.53. The predicted octanol–water partition coefficient (Wildman–Crippen LogP) is 4.37. The van der Waals surface area contributed by atoms with Gasteiger partial charge in [0.2, 0.25) is 0 Å². The summed E-state index contributed by atoms with van der Waals surface area (Å²) < 4.78 is 6.87. The first-order chi connectivity index (χ1) is 11.2. The van der Waals surface area contributed by atoms with Crippen molar-refractivity contribution in [1.29, 1.82) is 0 Å². The van der Waals surface area contributed by atoms with E-state index in [1.165, 1.54) is 0 Å². The fourth-order valence-corrected chi connectivity index (χ4v) is 2.88. The Kier molecular flexibility index (Phi) is 5.26. The SMILES string of the molecule is O[C@H](CCc1cccnc1)COc1cccc2cc(Br)ccc12. The van der Waals surface area contributed by atoms with Crippen LogP contribution in [0.5, 0.6) is 5.75 Å². The second kappa shape index (κ2) is 7.57. The Hall–Kier alpha value is -1.91. The number of aliphatic hydroxyl groups excluding tert-OH is 1. The van der Waals surface area contributed by atoms with Gasteiger partial charge in [0.25, 0.3) is 0 Å². The standard InChI is InChI=1S/C19H18BrNO2/c20-16-7-9-18-15(11-16)4-1-5-19(18)23-13-17(22)8-6-14-3-2-10-21-12-14/h1-5,7,9-12,17,22H,6,8,13H2/t17-/m1/s1. The smallest absolute Gasteiger partial charge is 0.127 e. The Morgan fingerprint density at radius 1 is 1.13 bits per heavy atom. The maximum Gasteiger partial charge on any atom is 0.127 e. The highest BCUT2D eigenvalue weighted by Gasteiger charge is 2.08. The summed E-state index contributed by atoms with van der Waals surface area (Å²) in [5, 5.41) is 12.3. The minimum atomic E-state index is -0.499. The molecule has 0 bridgehead atoms. The van der Waals surface area contributed by atoms with Crippen molar-refractivity contribution < 1.29 is 9.84 Å². The predicted molar refractivity (Wildman–Crippen MR) is 95.7 cm³/mol. The fraction of sp³-hybridized carbons (Fsp3) is 0.211. The maximum absolute atomic E-state index is 10.1. The maximum atomic E-state index is 10.1. The molecule has 0 spiro atoms. The van der Waals surface area contributed by atoms with E-state index in [4.69, 9.17) is 4.74 Å². The number of nitrogens with zero attached hydrogens (tertiary/aromatic N) is 1. The Balaban J connectivity index is 1.60. The second-order valence-electron chi connectivity index (χ2n) is 5.49. The molecule has 0 fully saturated rings. The summed E-state index contributed by atoms with van der Waals surface area (Å²) in [7, 11) is 0.